The first-order valence-electron chi connectivity index (χ1n) is 15.5. The molecule has 2 saturated heterocycles. The number of carbonyl (C=O) groups excluding carboxylic acids is 2. The monoisotopic (exact) mass is 634 g/mol. The number of anilines is 2. The van der Waals surface area contributed by atoms with Gasteiger partial charge in [-0.05, 0) is 44.3 Å². The lowest BCUT2D eigenvalue weighted by Crippen LogP contribution is -2.34. The van der Waals surface area contributed by atoms with Gasteiger partial charge in [-0.15, -0.1) is 0 Å². The van der Waals surface area contributed by atoms with Crippen molar-refractivity contribution in [1.82, 2.24) is 29.6 Å². The Kier molecular flexibility index (Phi) is 10.0. The molecule has 0 spiro atoms. The minimum Gasteiger partial charge on any atom is -0.457 e. The Morgan fingerprint density at radius 3 is 2.61 bits per heavy atom. The van der Waals surface area contributed by atoms with E-state index < -0.39 is 24.5 Å². The van der Waals surface area contributed by atoms with Crippen LogP contribution in [0.25, 0.3) is 11.2 Å². The van der Waals surface area contributed by atoms with E-state index in [4.69, 9.17) is 28.7 Å². The third-order valence-electron chi connectivity index (χ3n) is 8.33. The zero-order valence-electron chi connectivity index (χ0n) is 25.5. The fourth-order valence-corrected chi connectivity index (χ4v) is 6.01. The normalized spacial score (nSPS) is 22.1. The molecule has 15 nitrogen and oxygen atoms in total. The van der Waals surface area contributed by atoms with E-state index >= 15 is 0 Å². The first-order chi connectivity index (χ1) is 22.6. The number of nitrogens with one attached hydrogen (secondary N) is 2. The number of aromatic nitrogens is 5. The third kappa shape index (κ3) is 6.80. The summed E-state index contributed by atoms with van der Waals surface area (Å²) in [7, 11) is 0. The number of nitrogens with zero attached hydrogens (tertiary/aromatic N) is 6. The summed E-state index contributed by atoms with van der Waals surface area (Å²) in [4.78, 5) is 39.7. The topological polar surface area (TPSA) is 179 Å². The number of likely N-dealkylation sites (tertiary alicyclic amines) is 1. The van der Waals surface area contributed by atoms with Crippen molar-refractivity contribution >= 4 is 35.9 Å². The van der Waals surface area contributed by atoms with Crippen LogP contribution in [0.2, 0.25) is 0 Å². The number of aliphatic hydroxyl groups excluding tert-OH is 1. The van der Waals surface area contributed by atoms with Gasteiger partial charge < -0.3 is 39.4 Å². The molecular weight excluding hydrogens is 596 g/mol. The lowest BCUT2D eigenvalue weighted by atomic mass is 10.1. The van der Waals surface area contributed by atoms with Crippen LogP contribution in [-0.4, -0.2) is 98.7 Å². The number of ether oxygens (including phenoxy) is 3. The average Bonchev–Trinajstić information content (AvgIpc) is 3.89. The first kappa shape index (κ1) is 31.4. The van der Waals surface area contributed by atoms with E-state index in [0.717, 1.165) is 25.2 Å². The van der Waals surface area contributed by atoms with E-state index in [-0.39, 0.29) is 25.6 Å². The average molecular weight is 635 g/mol. The fourth-order valence-electron chi connectivity index (χ4n) is 6.01. The van der Waals surface area contributed by atoms with Crippen LogP contribution in [0.1, 0.15) is 49.1 Å². The second-order valence-corrected chi connectivity index (χ2v) is 11.3. The number of aliphatic hydroxyl groups is 1. The zero-order chi connectivity index (χ0) is 31.9. The Balaban J connectivity index is 1.35. The van der Waals surface area contributed by atoms with Gasteiger partial charge in [0, 0.05) is 19.2 Å². The van der Waals surface area contributed by atoms with Crippen molar-refractivity contribution in [2.75, 3.05) is 43.4 Å². The largest absolute Gasteiger partial charge is 0.457 e. The minimum absolute atomic E-state index is 0.150. The van der Waals surface area contributed by atoms with Gasteiger partial charge in [0.1, 0.15) is 0 Å². The number of benzene rings is 1. The van der Waals surface area contributed by atoms with E-state index in [1.807, 2.05) is 37.3 Å². The van der Waals surface area contributed by atoms with Crippen LogP contribution in [0, 0.1) is 0 Å². The molecular formula is C31H38N8O7. The molecule has 15 heteroatoms. The number of carbonyl (C=O) groups is 2. The Morgan fingerprint density at radius 1 is 1.11 bits per heavy atom. The molecule has 2 aliphatic heterocycles. The summed E-state index contributed by atoms with van der Waals surface area (Å²) in [5.74, 6) is 1.08. The SMILES string of the molecule is CCc1cc([C@H]2O[C@@H](n3cnc4c(N[C@H](CO)Cc5ccccc5)nc(NCCN5CCCC5)nc43)[C@H](OC=O)[C@@H]2OC=O)on1. The van der Waals surface area contributed by atoms with Crippen LogP contribution in [0.3, 0.4) is 0 Å². The summed E-state index contributed by atoms with van der Waals surface area (Å²) in [5.41, 5.74) is 2.52. The van der Waals surface area contributed by atoms with Crippen molar-refractivity contribution in [3.63, 3.8) is 0 Å². The number of imidazole rings is 1. The second kappa shape index (κ2) is 14.7. The molecule has 0 bridgehead atoms. The van der Waals surface area contributed by atoms with E-state index in [1.54, 1.807) is 10.6 Å². The maximum Gasteiger partial charge on any atom is 0.293 e. The maximum absolute atomic E-state index is 11.7. The Hall–Kier alpha value is -4.60. The molecule has 0 aliphatic carbocycles. The summed E-state index contributed by atoms with van der Waals surface area (Å²) >= 11 is 0. The van der Waals surface area contributed by atoms with Gasteiger partial charge in [0.25, 0.3) is 12.9 Å². The van der Waals surface area contributed by atoms with Crippen LogP contribution in [-0.2, 0) is 36.6 Å². The Morgan fingerprint density at radius 2 is 1.89 bits per heavy atom. The van der Waals surface area contributed by atoms with Crippen LogP contribution < -0.4 is 10.6 Å². The smallest absolute Gasteiger partial charge is 0.293 e. The molecule has 0 saturated carbocycles. The lowest BCUT2D eigenvalue weighted by molar-refractivity contribution is -0.151. The van der Waals surface area contributed by atoms with Gasteiger partial charge in [0.15, 0.2) is 47.3 Å². The molecule has 0 unspecified atom stereocenters. The summed E-state index contributed by atoms with van der Waals surface area (Å²) in [6.07, 6.45) is 1.03. The van der Waals surface area contributed by atoms with E-state index in [2.05, 4.69) is 25.7 Å². The molecule has 2 aliphatic rings. The van der Waals surface area contributed by atoms with Gasteiger partial charge in [-0.25, -0.2) is 4.98 Å². The number of fused-ring (bicyclic) bond motifs is 1. The van der Waals surface area contributed by atoms with Crippen molar-refractivity contribution in [2.45, 2.75) is 63.2 Å². The van der Waals surface area contributed by atoms with Crippen molar-refractivity contribution in [2.24, 2.45) is 0 Å². The molecule has 3 aromatic heterocycles. The van der Waals surface area contributed by atoms with Crippen LogP contribution in [0.5, 0.6) is 0 Å². The highest BCUT2D eigenvalue weighted by atomic mass is 16.6. The molecule has 3 N–H and O–H groups in total. The van der Waals surface area contributed by atoms with E-state index in [0.29, 0.717) is 53.8 Å². The number of hydrogen-bond acceptors (Lipinski definition) is 14. The number of aryl methyl sites for hydroxylation is 1. The third-order valence-corrected chi connectivity index (χ3v) is 8.33. The standard InChI is InChI=1S/C31H38N8O7/c1-2-21-15-23(46-37-21)25-26(43-18-41)27(44-19-42)30(45-25)39-17-33-24-28(34-22(16-40)14-20-8-4-3-5-9-20)35-31(36-29(24)39)32-10-13-38-11-6-7-12-38/h3-5,8-9,15,17-19,22,25-27,30,40H,2,6-7,10-14,16H2,1H3,(H2,32,34,35,36)/t22-,25+,26+,27+,30+/m0/s1. The van der Waals surface area contributed by atoms with Crippen LogP contribution >= 0.6 is 0 Å². The van der Waals surface area contributed by atoms with Crippen LogP contribution in [0.15, 0.2) is 47.2 Å². The Bertz CT molecular complexity index is 1590. The number of hydrogen-bond donors (Lipinski definition) is 3. The van der Waals surface area contributed by atoms with Crippen LogP contribution in [0.4, 0.5) is 11.8 Å². The van der Waals surface area contributed by atoms with E-state index in [9.17, 15) is 14.7 Å². The maximum atomic E-state index is 11.7. The molecule has 1 aromatic carbocycles. The predicted octanol–water partition coefficient (Wildman–Crippen LogP) is 2.25. The van der Waals surface area contributed by atoms with Crippen molar-refractivity contribution < 1.29 is 33.4 Å². The molecule has 2 fully saturated rings. The van der Waals surface area contributed by atoms with Gasteiger partial charge in [0.05, 0.1) is 24.7 Å². The van der Waals surface area contributed by atoms with E-state index in [1.165, 1.54) is 19.2 Å². The highest BCUT2D eigenvalue weighted by molar-refractivity contribution is 5.84. The molecule has 46 heavy (non-hydrogen) atoms. The second-order valence-electron chi connectivity index (χ2n) is 11.3. The van der Waals surface area contributed by atoms with Crippen molar-refractivity contribution in [3.8, 4) is 0 Å². The fraction of sp³-hybridized carbons (Fsp3) is 0.484. The predicted molar refractivity (Wildman–Crippen MR) is 165 cm³/mol. The van der Waals surface area contributed by atoms with Gasteiger partial charge in [0.2, 0.25) is 5.95 Å². The lowest BCUT2D eigenvalue weighted by Gasteiger charge is -2.22. The molecule has 4 aromatic rings. The highest BCUT2D eigenvalue weighted by Crippen LogP contribution is 2.43. The molecule has 5 heterocycles. The summed E-state index contributed by atoms with van der Waals surface area (Å²) in [6, 6.07) is 11.2. The molecule has 244 valence electrons. The molecule has 0 radical (unpaired) electrons. The van der Waals surface area contributed by atoms with Gasteiger partial charge in [-0.3, -0.25) is 14.2 Å². The van der Waals surface area contributed by atoms with Gasteiger partial charge in [-0.2, -0.15) is 9.97 Å². The Labute approximate surface area is 265 Å². The molecule has 6 rings (SSSR count). The summed E-state index contributed by atoms with van der Waals surface area (Å²) < 4.78 is 24.3. The molecule has 5 atom stereocenters. The first-order valence-corrected chi connectivity index (χ1v) is 15.5. The molecule has 0 amide bonds. The zero-order valence-corrected chi connectivity index (χ0v) is 25.5. The van der Waals surface area contributed by atoms with Crippen molar-refractivity contribution in [1.29, 1.82) is 0 Å². The summed E-state index contributed by atoms with van der Waals surface area (Å²) in [5, 5.41) is 21.0. The number of rotatable bonds is 16. The van der Waals surface area contributed by atoms with Gasteiger partial charge in [-0.1, -0.05) is 42.4 Å². The van der Waals surface area contributed by atoms with Gasteiger partial charge >= 0.3 is 0 Å². The highest BCUT2D eigenvalue weighted by Gasteiger charge is 2.51. The summed E-state index contributed by atoms with van der Waals surface area (Å²) in [6.45, 7) is 5.92. The quantitative estimate of drug-likeness (QED) is 0.153. The van der Waals surface area contributed by atoms with Crippen molar-refractivity contribution in [3.05, 3.63) is 59.7 Å². The minimum atomic E-state index is -1.07.